The van der Waals surface area contributed by atoms with E-state index in [1.807, 2.05) is 50.2 Å². The first-order chi connectivity index (χ1) is 16.3. The molecule has 0 fully saturated rings. The van der Waals surface area contributed by atoms with Crippen LogP contribution in [0.4, 0.5) is 0 Å². The van der Waals surface area contributed by atoms with Crippen LogP contribution in [0.2, 0.25) is 0 Å². The van der Waals surface area contributed by atoms with Gasteiger partial charge in [0.15, 0.2) is 0 Å². The lowest BCUT2D eigenvalue weighted by Gasteiger charge is -2.18. The van der Waals surface area contributed by atoms with Gasteiger partial charge in [0.2, 0.25) is 5.91 Å². The summed E-state index contributed by atoms with van der Waals surface area (Å²) in [5.74, 6) is -0.831. The number of benzene rings is 2. The Morgan fingerprint density at radius 1 is 1.06 bits per heavy atom. The van der Waals surface area contributed by atoms with Crippen LogP contribution in [0.5, 0.6) is 0 Å². The summed E-state index contributed by atoms with van der Waals surface area (Å²) in [5.41, 5.74) is 3.63. The van der Waals surface area contributed by atoms with Crippen molar-refractivity contribution in [1.82, 2.24) is 5.32 Å². The topological polar surface area (TPSA) is 113 Å². The number of fused-ring (bicyclic) bond motifs is 2. The van der Waals surface area contributed by atoms with Gasteiger partial charge in [-0.15, -0.1) is 0 Å². The molecule has 0 bridgehead atoms. The van der Waals surface area contributed by atoms with Gasteiger partial charge in [0.05, 0.1) is 12.0 Å². The highest BCUT2D eigenvalue weighted by Crippen LogP contribution is 2.37. The van der Waals surface area contributed by atoms with Crippen LogP contribution >= 0.6 is 11.8 Å². The molecule has 2 aromatic carbocycles. The Balaban J connectivity index is 1.69. The predicted octanol–water partition coefficient (Wildman–Crippen LogP) is 3.35. The summed E-state index contributed by atoms with van der Waals surface area (Å²) in [6.07, 6.45) is 1.83. The maximum atomic E-state index is 12.7. The van der Waals surface area contributed by atoms with Crippen LogP contribution in [-0.2, 0) is 16.0 Å². The summed E-state index contributed by atoms with van der Waals surface area (Å²) in [4.78, 5) is 36.2. The molecule has 7 nitrogen and oxygen atoms in total. The van der Waals surface area contributed by atoms with Crippen molar-refractivity contribution in [2.45, 2.75) is 32.7 Å². The van der Waals surface area contributed by atoms with Gasteiger partial charge in [0.25, 0.3) is 0 Å². The van der Waals surface area contributed by atoms with Gasteiger partial charge in [-0.2, -0.15) is 11.8 Å². The van der Waals surface area contributed by atoms with Crippen molar-refractivity contribution in [3.63, 3.8) is 0 Å². The molecule has 1 atom stereocenters. The average Bonchev–Trinajstić information content (AvgIpc) is 3.12. The van der Waals surface area contributed by atoms with Crippen molar-refractivity contribution >= 4 is 45.6 Å². The highest BCUT2D eigenvalue weighted by molar-refractivity contribution is 7.98. The number of furan rings is 1. The zero-order chi connectivity index (χ0) is 24.4. The smallest absolute Gasteiger partial charge is 0.339 e. The molecular formula is C26H24NO6S-. The zero-order valence-electron chi connectivity index (χ0n) is 19.1. The van der Waals surface area contributed by atoms with Gasteiger partial charge in [0.1, 0.15) is 16.9 Å². The summed E-state index contributed by atoms with van der Waals surface area (Å²) in [6, 6.07) is 12.5. The van der Waals surface area contributed by atoms with Crippen LogP contribution < -0.4 is 16.0 Å². The van der Waals surface area contributed by atoms with E-state index in [4.69, 9.17) is 8.83 Å². The molecule has 1 amide bonds. The van der Waals surface area contributed by atoms with Gasteiger partial charge in [-0.1, -0.05) is 30.3 Å². The summed E-state index contributed by atoms with van der Waals surface area (Å²) in [7, 11) is 0. The van der Waals surface area contributed by atoms with Gasteiger partial charge in [-0.3, -0.25) is 4.79 Å². The van der Waals surface area contributed by atoms with Crippen LogP contribution in [0.25, 0.3) is 33.1 Å². The van der Waals surface area contributed by atoms with Gasteiger partial charge >= 0.3 is 5.63 Å². The SMILES string of the molecule is CSC[C@H](NC(=O)CCc1c(C)c2cc3c(-c4ccccc4)c(C)oc3cc2oc1=O)C(=O)[O-]. The van der Waals surface area contributed by atoms with E-state index in [-0.39, 0.29) is 18.6 Å². The number of carboxylic acids is 1. The standard InChI is InChI=1S/C26H25NO6S/c1-14-17(9-10-23(28)27-20(13-34-3)25(29)30)26(31)33-21-12-22-19(11-18(14)21)24(15(2)32-22)16-7-5-4-6-8-16/h4-8,11-12,20H,9-10,13H2,1-3H3,(H,27,28)(H,29,30)/p-1/t20-/m0/s1. The van der Waals surface area contributed by atoms with Crippen molar-refractivity contribution in [1.29, 1.82) is 0 Å². The first-order valence-electron chi connectivity index (χ1n) is 10.8. The normalized spacial score (nSPS) is 12.2. The van der Waals surface area contributed by atoms with E-state index in [1.54, 1.807) is 12.3 Å². The number of hydrogen-bond acceptors (Lipinski definition) is 7. The third-order valence-corrected chi connectivity index (χ3v) is 6.56. The second-order valence-corrected chi connectivity index (χ2v) is 9.04. The molecule has 0 aliphatic heterocycles. The van der Waals surface area contributed by atoms with Gasteiger partial charge in [-0.05, 0) is 43.7 Å². The molecule has 176 valence electrons. The quantitative estimate of drug-likeness (QED) is 0.387. The predicted molar refractivity (Wildman–Crippen MR) is 131 cm³/mol. The molecule has 0 saturated carbocycles. The summed E-state index contributed by atoms with van der Waals surface area (Å²) < 4.78 is 11.5. The molecule has 1 N–H and O–H groups in total. The van der Waals surface area contributed by atoms with Crippen molar-refractivity contribution in [2.75, 3.05) is 12.0 Å². The Morgan fingerprint density at radius 3 is 2.44 bits per heavy atom. The fourth-order valence-corrected chi connectivity index (χ4v) is 4.75. The van der Waals surface area contributed by atoms with E-state index < -0.39 is 23.5 Å². The van der Waals surface area contributed by atoms with Crippen LogP contribution in [0.1, 0.15) is 23.3 Å². The van der Waals surface area contributed by atoms with E-state index in [1.165, 1.54) is 11.8 Å². The summed E-state index contributed by atoms with van der Waals surface area (Å²) in [6.45, 7) is 3.72. The molecule has 8 heteroatoms. The van der Waals surface area contributed by atoms with Crippen LogP contribution in [-0.4, -0.2) is 29.9 Å². The number of aryl methyl sites for hydroxylation is 2. The van der Waals surface area contributed by atoms with E-state index in [0.717, 1.165) is 33.2 Å². The monoisotopic (exact) mass is 478 g/mol. The number of carbonyl (C=O) groups is 2. The number of amides is 1. The van der Waals surface area contributed by atoms with E-state index in [9.17, 15) is 19.5 Å². The molecule has 34 heavy (non-hydrogen) atoms. The maximum Gasteiger partial charge on any atom is 0.339 e. The Bertz CT molecular complexity index is 1440. The maximum absolute atomic E-state index is 12.7. The van der Waals surface area contributed by atoms with Crippen LogP contribution in [0.3, 0.4) is 0 Å². The number of thioether (sulfide) groups is 1. The molecule has 0 saturated heterocycles. The molecule has 2 aromatic heterocycles. The Morgan fingerprint density at radius 2 is 1.76 bits per heavy atom. The van der Waals surface area contributed by atoms with Gasteiger partial charge < -0.3 is 24.1 Å². The van der Waals surface area contributed by atoms with E-state index in [0.29, 0.717) is 16.7 Å². The molecule has 0 unspecified atom stereocenters. The Labute approximate surface area is 200 Å². The molecule has 0 aliphatic rings. The third kappa shape index (κ3) is 4.59. The van der Waals surface area contributed by atoms with Gasteiger partial charge in [0, 0.05) is 40.1 Å². The molecule has 0 aliphatic carbocycles. The molecule has 4 rings (SSSR count). The second kappa shape index (κ2) is 9.77. The number of carboxylic acid groups (broad SMARTS) is 1. The lowest BCUT2D eigenvalue weighted by molar-refractivity contribution is -0.307. The Hall–Kier alpha value is -3.52. The van der Waals surface area contributed by atoms with Crippen molar-refractivity contribution < 1.29 is 23.5 Å². The molecule has 2 heterocycles. The summed E-state index contributed by atoms with van der Waals surface area (Å²) in [5, 5.41) is 15.3. The fraction of sp³-hybridized carbons (Fsp3) is 0.269. The lowest BCUT2D eigenvalue weighted by atomic mass is 9.98. The molecule has 0 spiro atoms. The zero-order valence-corrected chi connectivity index (χ0v) is 19.9. The average molecular weight is 479 g/mol. The minimum atomic E-state index is -1.34. The number of rotatable bonds is 8. The summed E-state index contributed by atoms with van der Waals surface area (Å²) >= 11 is 1.29. The highest BCUT2D eigenvalue weighted by Gasteiger charge is 2.19. The second-order valence-electron chi connectivity index (χ2n) is 8.13. The van der Waals surface area contributed by atoms with E-state index in [2.05, 4.69) is 5.32 Å². The molecular weight excluding hydrogens is 454 g/mol. The van der Waals surface area contributed by atoms with Crippen molar-refractivity contribution in [3.05, 3.63) is 69.8 Å². The highest BCUT2D eigenvalue weighted by atomic mass is 32.2. The minimum Gasteiger partial charge on any atom is -0.548 e. The van der Waals surface area contributed by atoms with Crippen LogP contribution in [0, 0.1) is 13.8 Å². The largest absolute Gasteiger partial charge is 0.548 e. The lowest BCUT2D eigenvalue weighted by Crippen LogP contribution is -2.49. The van der Waals surface area contributed by atoms with Gasteiger partial charge in [-0.25, -0.2) is 4.79 Å². The van der Waals surface area contributed by atoms with Crippen molar-refractivity contribution in [3.8, 4) is 11.1 Å². The molecule has 4 aromatic rings. The minimum absolute atomic E-state index is 0.0441. The fourth-order valence-electron chi connectivity index (χ4n) is 4.19. The number of aliphatic carboxylic acids is 1. The third-order valence-electron chi connectivity index (χ3n) is 5.89. The molecule has 0 radical (unpaired) electrons. The number of hydrogen-bond donors (Lipinski definition) is 1. The number of carbonyl (C=O) groups excluding carboxylic acids is 2. The Kier molecular flexibility index (Phi) is 6.79. The first kappa shape index (κ1) is 23.6. The van der Waals surface area contributed by atoms with Crippen molar-refractivity contribution in [2.24, 2.45) is 0 Å². The first-order valence-corrected chi connectivity index (χ1v) is 12.2. The number of nitrogens with one attached hydrogen (secondary N) is 1. The van der Waals surface area contributed by atoms with E-state index >= 15 is 0 Å². The van der Waals surface area contributed by atoms with Crippen LogP contribution in [0.15, 0.2) is 56.1 Å².